The molecule has 0 fully saturated rings. The normalized spacial score (nSPS) is 11.6. The van der Waals surface area contributed by atoms with Crippen molar-refractivity contribution in [3.05, 3.63) is 44.5 Å². The van der Waals surface area contributed by atoms with Crippen molar-refractivity contribution in [1.29, 1.82) is 5.26 Å². The van der Waals surface area contributed by atoms with Crippen LogP contribution in [0.1, 0.15) is 12.5 Å². The molecule has 0 saturated heterocycles. The van der Waals surface area contributed by atoms with E-state index in [1.165, 1.54) is 25.1 Å². The van der Waals surface area contributed by atoms with Crippen LogP contribution in [0.25, 0.3) is 5.70 Å². The number of benzene rings is 1. The van der Waals surface area contributed by atoms with Gasteiger partial charge in [-0.1, -0.05) is 17.7 Å². The van der Waals surface area contributed by atoms with Gasteiger partial charge < -0.3 is 5.73 Å². The second kappa shape index (κ2) is 4.64. The Labute approximate surface area is 96.9 Å². The summed E-state index contributed by atoms with van der Waals surface area (Å²) in [4.78, 5) is 10.2. The van der Waals surface area contributed by atoms with Gasteiger partial charge in [0.05, 0.1) is 32.8 Å². The van der Waals surface area contributed by atoms with E-state index in [9.17, 15) is 10.1 Å². The van der Waals surface area contributed by atoms with Crippen LogP contribution in [0.4, 0.5) is 5.69 Å². The van der Waals surface area contributed by atoms with Crippen molar-refractivity contribution in [3.63, 3.8) is 0 Å². The van der Waals surface area contributed by atoms with Crippen molar-refractivity contribution >= 4 is 23.0 Å². The van der Waals surface area contributed by atoms with Crippen LogP contribution in [0, 0.1) is 21.4 Å². The van der Waals surface area contributed by atoms with Gasteiger partial charge in [0.25, 0.3) is 5.69 Å². The Morgan fingerprint density at radius 3 is 2.75 bits per heavy atom. The minimum atomic E-state index is -0.585. The maximum Gasteiger partial charge on any atom is 0.280 e. The maximum absolute atomic E-state index is 10.8. The van der Waals surface area contributed by atoms with Gasteiger partial charge >= 0.3 is 0 Å². The summed E-state index contributed by atoms with van der Waals surface area (Å²) in [5.74, 6) is 0. The minimum Gasteiger partial charge on any atom is -0.397 e. The third-order valence-electron chi connectivity index (χ3n) is 2.03. The number of nitro benzene ring substituents is 1. The van der Waals surface area contributed by atoms with Crippen LogP contribution >= 0.6 is 11.6 Å². The topological polar surface area (TPSA) is 93.0 Å². The van der Waals surface area contributed by atoms with E-state index >= 15 is 0 Å². The molecule has 5 nitrogen and oxygen atoms in total. The first kappa shape index (κ1) is 12.0. The van der Waals surface area contributed by atoms with E-state index in [-0.39, 0.29) is 27.5 Å². The van der Waals surface area contributed by atoms with Gasteiger partial charge in [-0.2, -0.15) is 5.26 Å². The van der Waals surface area contributed by atoms with Gasteiger partial charge in [-0.3, -0.25) is 10.1 Å². The van der Waals surface area contributed by atoms with Gasteiger partial charge in [-0.25, -0.2) is 0 Å². The zero-order valence-electron chi connectivity index (χ0n) is 8.40. The molecule has 1 aromatic rings. The third kappa shape index (κ3) is 2.12. The molecule has 6 heteroatoms. The number of halogens is 1. The van der Waals surface area contributed by atoms with Gasteiger partial charge in [-0.05, 0) is 13.0 Å². The summed E-state index contributed by atoms with van der Waals surface area (Å²) in [6.45, 7) is 1.47. The fourth-order valence-corrected chi connectivity index (χ4v) is 1.45. The Morgan fingerprint density at radius 1 is 1.62 bits per heavy atom. The summed E-state index contributed by atoms with van der Waals surface area (Å²) in [7, 11) is 0. The zero-order valence-corrected chi connectivity index (χ0v) is 9.15. The van der Waals surface area contributed by atoms with Crippen molar-refractivity contribution in [2.24, 2.45) is 5.73 Å². The number of nitro groups is 1. The number of nitrogens with zero attached hydrogens (tertiary/aromatic N) is 2. The quantitative estimate of drug-likeness (QED) is 0.486. The molecule has 2 N–H and O–H groups in total. The van der Waals surface area contributed by atoms with Gasteiger partial charge in [0, 0.05) is 6.07 Å². The summed E-state index contributed by atoms with van der Waals surface area (Å²) in [6, 6.07) is 6.07. The Morgan fingerprint density at radius 2 is 2.25 bits per heavy atom. The lowest BCUT2D eigenvalue weighted by Crippen LogP contribution is -2.04. The summed E-state index contributed by atoms with van der Waals surface area (Å²) in [5, 5.41) is 19.6. The summed E-state index contributed by atoms with van der Waals surface area (Å²) in [5.41, 5.74) is 5.76. The number of nitriles is 1. The van der Waals surface area contributed by atoms with Crippen molar-refractivity contribution in [1.82, 2.24) is 0 Å². The van der Waals surface area contributed by atoms with Crippen LogP contribution in [0.2, 0.25) is 5.02 Å². The van der Waals surface area contributed by atoms with Crippen LogP contribution in [0.5, 0.6) is 0 Å². The van der Waals surface area contributed by atoms with E-state index in [0.29, 0.717) is 0 Å². The molecule has 0 aromatic heterocycles. The number of allylic oxidation sites excluding steroid dienone is 1. The number of rotatable bonds is 2. The molecule has 0 aliphatic heterocycles. The smallest absolute Gasteiger partial charge is 0.280 e. The minimum absolute atomic E-state index is 0.0276. The predicted molar refractivity (Wildman–Crippen MR) is 60.5 cm³/mol. The first-order valence-electron chi connectivity index (χ1n) is 4.28. The summed E-state index contributed by atoms with van der Waals surface area (Å²) in [6.07, 6.45) is 0. The fraction of sp³-hybridized carbons (Fsp3) is 0.100. The Balaban J connectivity index is 3.56. The highest BCUT2D eigenvalue weighted by molar-refractivity contribution is 6.32. The van der Waals surface area contributed by atoms with Crippen molar-refractivity contribution < 1.29 is 4.92 Å². The average Bonchev–Trinajstić information content (AvgIpc) is 2.26. The van der Waals surface area contributed by atoms with E-state index in [1.807, 2.05) is 6.07 Å². The van der Waals surface area contributed by atoms with E-state index in [0.717, 1.165) is 0 Å². The second-order valence-corrected chi connectivity index (χ2v) is 3.45. The molecule has 82 valence electrons. The molecule has 0 aliphatic carbocycles. The molecule has 0 aliphatic rings. The van der Waals surface area contributed by atoms with Crippen LogP contribution in [0.15, 0.2) is 23.8 Å². The van der Waals surface area contributed by atoms with Crippen LogP contribution in [-0.2, 0) is 0 Å². The van der Waals surface area contributed by atoms with Gasteiger partial charge in [0.1, 0.15) is 0 Å². The summed E-state index contributed by atoms with van der Waals surface area (Å²) >= 11 is 5.84. The Bertz CT molecular complexity index is 517. The molecular formula is C10H8ClN3O2. The number of nitrogens with two attached hydrogens (primary N) is 1. The second-order valence-electron chi connectivity index (χ2n) is 3.04. The van der Waals surface area contributed by atoms with Gasteiger partial charge in [-0.15, -0.1) is 0 Å². The van der Waals surface area contributed by atoms with E-state index in [1.54, 1.807) is 0 Å². The van der Waals surface area contributed by atoms with Crippen molar-refractivity contribution in [3.8, 4) is 6.07 Å². The molecule has 0 radical (unpaired) electrons. The summed E-state index contributed by atoms with van der Waals surface area (Å²) < 4.78 is 0. The van der Waals surface area contributed by atoms with E-state index < -0.39 is 4.92 Å². The van der Waals surface area contributed by atoms with Gasteiger partial charge in [0.2, 0.25) is 0 Å². The zero-order chi connectivity index (χ0) is 12.3. The monoisotopic (exact) mass is 237 g/mol. The fourth-order valence-electron chi connectivity index (χ4n) is 1.18. The Hall–Kier alpha value is -2.06. The first-order valence-corrected chi connectivity index (χ1v) is 4.66. The lowest BCUT2D eigenvalue weighted by Gasteiger charge is -2.06. The highest BCUT2D eigenvalue weighted by atomic mass is 35.5. The largest absolute Gasteiger partial charge is 0.397 e. The molecule has 0 bridgehead atoms. The molecule has 1 aromatic carbocycles. The molecule has 0 spiro atoms. The molecule has 16 heavy (non-hydrogen) atoms. The standard InChI is InChI=1S/C10H8ClN3O2/c1-6(5-12)10(13)9-7(11)3-2-4-8(9)14(15)16/h2-4H,13H2,1H3/b10-6-. The number of hydrogen-bond acceptors (Lipinski definition) is 4. The predicted octanol–water partition coefficient (Wildman–Crippen LogP) is 2.46. The van der Waals surface area contributed by atoms with Crippen molar-refractivity contribution in [2.75, 3.05) is 0 Å². The number of hydrogen-bond donors (Lipinski definition) is 1. The Kier molecular flexibility index (Phi) is 3.48. The average molecular weight is 238 g/mol. The van der Waals surface area contributed by atoms with E-state index in [4.69, 9.17) is 22.6 Å². The van der Waals surface area contributed by atoms with Crippen LogP contribution in [0.3, 0.4) is 0 Å². The highest BCUT2D eigenvalue weighted by Gasteiger charge is 2.19. The SMILES string of the molecule is C/C(C#N)=C(/N)c1c(Cl)cccc1[N+](=O)[O-]. The van der Waals surface area contributed by atoms with Gasteiger partial charge in [0.15, 0.2) is 0 Å². The maximum atomic E-state index is 10.8. The third-order valence-corrected chi connectivity index (χ3v) is 2.34. The molecule has 0 atom stereocenters. The van der Waals surface area contributed by atoms with Crippen LogP contribution in [-0.4, -0.2) is 4.92 Å². The van der Waals surface area contributed by atoms with Crippen LogP contribution < -0.4 is 5.73 Å². The molecule has 0 amide bonds. The molecule has 1 rings (SSSR count). The first-order chi connectivity index (χ1) is 7.49. The van der Waals surface area contributed by atoms with Crippen molar-refractivity contribution in [2.45, 2.75) is 6.92 Å². The lowest BCUT2D eigenvalue weighted by atomic mass is 10.1. The molecule has 0 heterocycles. The molecule has 0 saturated carbocycles. The van der Waals surface area contributed by atoms with E-state index in [2.05, 4.69) is 0 Å². The molecule has 0 unspecified atom stereocenters. The lowest BCUT2D eigenvalue weighted by molar-refractivity contribution is -0.385. The highest BCUT2D eigenvalue weighted by Crippen LogP contribution is 2.31. The molecular weight excluding hydrogens is 230 g/mol.